The van der Waals surface area contributed by atoms with Gasteiger partial charge in [-0.1, -0.05) is 36.4 Å². The number of carbonyl (C=O) groups is 1. The van der Waals surface area contributed by atoms with E-state index in [0.717, 1.165) is 10.8 Å². The molecule has 2 rings (SSSR count). The molecule has 0 saturated heterocycles. The van der Waals surface area contributed by atoms with Crippen molar-refractivity contribution in [3.05, 3.63) is 48.0 Å². The summed E-state index contributed by atoms with van der Waals surface area (Å²) in [5.74, 6) is -0.878. The summed E-state index contributed by atoms with van der Waals surface area (Å²) in [6, 6.07) is 12.7. The van der Waals surface area contributed by atoms with Gasteiger partial charge in [-0.2, -0.15) is 0 Å². The summed E-state index contributed by atoms with van der Waals surface area (Å²) in [6.07, 6.45) is 0. The van der Waals surface area contributed by atoms with E-state index in [-0.39, 0.29) is 0 Å². The molecule has 0 saturated carbocycles. The van der Waals surface area contributed by atoms with Crippen LogP contribution in [-0.2, 0) is 4.57 Å². The fraction of sp³-hybridized carbons (Fsp3) is 0. The summed E-state index contributed by atoms with van der Waals surface area (Å²) >= 11 is 0. The van der Waals surface area contributed by atoms with E-state index in [2.05, 4.69) is 0 Å². The number of carboxylic acids is 1. The van der Waals surface area contributed by atoms with Gasteiger partial charge in [-0.15, -0.1) is 9.79 Å². The Morgan fingerprint density at radius 3 is 2.12 bits per heavy atom. The molecule has 0 radical (unpaired) electrons. The molecule has 17 heavy (non-hydrogen) atoms. The van der Waals surface area contributed by atoms with Crippen LogP contribution in [0.15, 0.2) is 42.5 Å². The summed E-state index contributed by atoms with van der Waals surface area (Å²) in [5, 5.41) is 10.6. The van der Waals surface area contributed by atoms with Gasteiger partial charge in [0.15, 0.2) is 0 Å². The molecule has 0 unspecified atom stereocenters. The summed E-state index contributed by atoms with van der Waals surface area (Å²) in [7, 11) is -2.87. The molecular formula is C11H10O5P+. The van der Waals surface area contributed by atoms with Crippen molar-refractivity contribution in [3.63, 3.8) is 0 Å². The highest BCUT2D eigenvalue weighted by Gasteiger charge is 2.05. The number of fused-ring (bicyclic) bond motifs is 1. The molecule has 0 heterocycles. The molecular weight excluding hydrogens is 243 g/mol. The van der Waals surface area contributed by atoms with Crippen LogP contribution in [-0.4, -0.2) is 20.9 Å². The van der Waals surface area contributed by atoms with E-state index in [9.17, 15) is 4.79 Å². The number of aromatic carboxylic acids is 1. The molecule has 6 heteroatoms. The highest BCUT2D eigenvalue weighted by atomic mass is 31.1. The topological polar surface area (TPSA) is 94.8 Å². The number of hydrogen-bond donors (Lipinski definition) is 3. The van der Waals surface area contributed by atoms with Gasteiger partial charge in [0, 0.05) is 4.57 Å². The van der Waals surface area contributed by atoms with E-state index in [0.29, 0.717) is 5.56 Å². The van der Waals surface area contributed by atoms with E-state index in [1.54, 1.807) is 12.1 Å². The van der Waals surface area contributed by atoms with Gasteiger partial charge in [0.2, 0.25) is 0 Å². The standard InChI is InChI=1S/C11H8O2.HO3P/c12-11(13)10-7-3-5-8-4-1-2-6-9(8)10;1-4(2)3/h1-7H,(H,12,13);(H-,1,2,3)/p+1. The normalized spacial score (nSPS) is 9.29. The first-order chi connectivity index (χ1) is 8.02. The predicted octanol–water partition coefficient (Wildman–Crippen LogP) is 2.17. The van der Waals surface area contributed by atoms with Crippen molar-refractivity contribution in [2.75, 3.05) is 0 Å². The summed E-state index contributed by atoms with van der Waals surface area (Å²) in [6.45, 7) is 0. The first-order valence-electron chi connectivity index (χ1n) is 4.58. The quantitative estimate of drug-likeness (QED) is 0.677. The lowest BCUT2D eigenvalue weighted by Crippen LogP contribution is -1.96. The summed E-state index contributed by atoms with van der Waals surface area (Å²) < 4.78 is 8.70. The van der Waals surface area contributed by atoms with Gasteiger partial charge in [0.25, 0.3) is 0 Å². The molecule has 2 aromatic carbocycles. The Kier molecular flexibility index (Phi) is 4.72. The van der Waals surface area contributed by atoms with Gasteiger partial charge in [-0.05, 0) is 16.8 Å². The maximum Gasteiger partial charge on any atom is 0.692 e. The molecule has 2 aromatic rings. The van der Waals surface area contributed by atoms with Crippen LogP contribution in [0.3, 0.4) is 0 Å². The van der Waals surface area contributed by atoms with Crippen LogP contribution < -0.4 is 0 Å². The molecule has 0 aromatic heterocycles. The molecule has 88 valence electrons. The van der Waals surface area contributed by atoms with Crippen molar-refractivity contribution >= 4 is 25.0 Å². The fourth-order valence-electron chi connectivity index (χ4n) is 1.41. The Morgan fingerprint density at radius 1 is 1.00 bits per heavy atom. The van der Waals surface area contributed by atoms with Crippen LogP contribution in [0.1, 0.15) is 10.4 Å². The largest absolute Gasteiger partial charge is 0.692 e. The van der Waals surface area contributed by atoms with Gasteiger partial charge in [-0.25, -0.2) is 4.79 Å². The van der Waals surface area contributed by atoms with Crippen molar-refractivity contribution in [3.8, 4) is 0 Å². The number of hydrogen-bond acceptors (Lipinski definition) is 2. The maximum absolute atomic E-state index is 10.8. The zero-order valence-corrected chi connectivity index (χ0v) is 9.54. The molecule has 0 aliphatic heterocycles. The minimum Gasteiger partial charge on any atom is -0.478 e. The first kappa shape index (κ1) is 13.3. The SMILES string of the molecule is O=C(O)c1cccc2ccccc12.O=[P+](O)O. The third-order valence-electron chi connectivity index (χ3n) is 2.02. The summed E-state index contributed by atoms with van der Waals surface area (Å²) in [5.41, 5.74) is 0.359. The Balaban J connectivity index is 0.000000317. The number of carboxylic acid groups (broad SMARTS) is 1. The molecule has 0 aliphatic rings. The van der Waals surface area contributed by atoms with E-state index in [4.69, 9.17) is 19.5 Å². The van der Waals surface area contributed by atoms with Crippen LogP contribution in [0.5, 0.6) is 0 Å². The van der Waals surface area contributed by atoms with E-state index in [1.807, 2.05) is 30.3 Å². The second-order valence-corrected chi connectivity index (χ2v) is 3.59. The molecule has 0 aliphatic carbocycles. The molecule has 0 spiro atoms. The maximum atomic E-state index is 10.8. The molecule has 3 N–H and O–H groups in total. The smallest absolute Gasteiger partial charge is 0.478 e. The average Bonchev–Trinajstić information content (AvgIpc) is 2.27. The lowest BCUT2D eigenvalue weighted by molar-refractivity contribution is 0.0699. The molecule has 0 atom stereocenters. The minimum absolute atomic E-state index is 0.359. The fourth-order valence-corrected chi connectivity index (χ4v) is 1.41. The van der Waals surface area contributed by atoms with Gasteiger partial charge in [-0.3, -0.25) is 0 Å². The average molecular weight is 253 g/mol. The van der Waals surface area contributed by atoms with Gasteiger partial charge in [0.05, 0.1) is 5.56 Å². The summed E-state index contributed by atoms with van der Waals surface area (Å²) in [4.78, 5) is 25.1. The molecule has 0 fully saturated rings. The van der Waals surface area contributed by atoms with Crippen molar-refractivity contribution in [1.82, 2.24) is 0 Å². The second kappa shape index (κ2) is 6.06. The Hall–Kier alpha value is -1.81. The van der Waals surface area contributed by atoms with E-state index >= 15 is 0 Å². The number of benzene rings is 2. The Labute approximate surface area is 97.9 Å². The lowest BCUT2D eigenvalue weighted by atomic mass is 10.1. The van der Waals surface area contributed by atoms with Gasteiger partial charge >= 0.3 is 14.2 Å². The zero-order valence-electron chi connectivity index (χ0n) is 8.65. The van der Waals surface area contributed by atoms with Crippen molar-refractivity contribution in [1.29, 1.82) is 0 Å². The van der Waals surface area contributed by atoms with Crippen molar-refractivity contribution < 1.29 is 24.3 Å². The second-order valence-electron chi connectivity index (χ2n) is 3.08. The third kappa shape index (κ3) is 3.92. The van der Waals surface area contributed by atoms with Crippen LogP contribution in [0.2, 0.25) is 0 Å². The Bertz CT molecular complexity index is 543. The Morgan fingerprint density at radius 2 is 1.53 bits per heavy atom. The minimum atomic E-state index is -2.87. The zero-order chi connectivity index (χ0) is 12.8. The van der Waals surface area contributed by atoms with Crippen molar-refractivity contribution in [2.24, 2.45) is 0 Å². The van der Waals surface area contributed by atoms with Crippen molar-refractivity contribution in [2.45, 2.75) is 0 Å². The van der Waals surface area contributed by atoms with Crippen LogP contribution >= 0.6 is 8.25 Å². The van der Waals surface area contributed by atoms with E-state index < -0.39 is 14.2 Å². The van der Waals surface area contributed by atoms with Crippen LogP contribution in [0, 0.1) is 0 Å². The van der Waals surface area contributed by atoms with Crippen LogP contribution in [0.25, 0.3) is 10.8 Å². The molecule has 0 amide bonds. The van der Waals surface area contributed by atoms with Crippen LogP contribution in [0.4, 0.5) is 0 Å². The first-order valence-corrected chi connectivity index (χ1v) is 5.75. The van der Waals surface area contributed by atoms with E-state index in [1.165, 1.54) is 0 Å². The highest BCUT2D eigenvalue weighted by molar-refractivity contribution is 7.30. The monoisotopic (exact) mass is 253 g/mol. The predicted molar refractivity (Wildman–Crippen MR) is 63.0 cm³/mol. The lowest BCUT2D eigenvalue weighted by Gasteiger charge is -2.00. The highest BCUT2D eigenvalue weighted by Crippen LogP contribution is 2.17. The number of rotatable bonds is 1. The van der Waals surface area contributed by atoms with Gasteiger partial charge in [0.1, 0.15) is 0 Å². The third-order valence-corrected chi connectivity index (χ3v) is 2.02. The van der Waals surface area contributed by atoms with Gasteiger partial charge < -0.3 is 5.11 Å². The molecule has 5 nitrogen and oxygen atoms in total. The molecule has 0 bridgehead atoms.